The Labute approximate surface area is 148 Å². The molecule has 0 aliphatic rings. The van der Waals surface area contributed by atoms with Crippen LogP contribution in [0.25, 0.3) is 0 Å². The van der Waals surface area contributed by atoms with Gasteiger partial charge in [0, 0.05) is 27.6 Å². The molecule has 0 aromatic carbocycles. The van der Waals surface area contributed by atoms with Crippen molar-refractivity contribution >= 4 is 46.6 Å². The lowest BCUT2D eigenvalue weighted by Gasteiger charge is -1.89. The molecule has 0 spiro atoms. The van der Waals surface area contributed by atoms with E-state index in [2.05, 4.69) is 4.74 Å². The molecule has 0 atom stereocenters. The van der Waals surface area contributed by atoms with Gasteiger partial charge in [-0.05, 0) is 27.7 Å². The van der Waals surface area contributed by atoms with Gasteiger partial charge in [0.1, 0.15) is 5.78 Å². The van der Waals surface area contributed by atoms with Gasteiger partial charge in [0.05, 0.1) is 12.7 Å². The summed E-state index contributed by atoms with van der Waals surface area (Å²) >= 11 is 14.4. The maximum Gasteiger partial charge on any atom is 0.302 e. The quantitative estimate of drug-likeness (QED) is 0.530. The van der Waals surface area contributed by atoms with Gasteiger partial charge in [0.2, 0.25) is 0 Å². The van der Waals surface area contributed by atoms with E-state index in [0.29, 0.717) is 6.61 Å². The van der Waals surface area contributed by atoms with Crippen LogP contribution in [0.1, 0.15) is 41.5 Å². The van der Waals surface area contributed by atoms with Crippen LogP contribution in [0.2, 0.25) is 0 Å². The molecule has 0 bridgehead atoms. The first kappa shape index (κ1) is 37.6. The van der Waals surface area contributed by atoms with E-state index in [1.165, 1.54) is 27.7 Å². The lowest BCUT2D eigenvalue weighted by molar-refractivity contribution is -0.140. The minimum absolute atomic E-state index is 0.167. The van der Waals surface area contributed by atoms with E-state index in [0.717, 1.165) is 7.11 Å². The highest BCUT2D eigenvalue weighted by molar-refractivity contribution is 6.63. The lowest BCUT2D eigenvalue weighted by atomic mass is 10.6. The first-order chi connectivity index (χ1) is 10.1. The summed E-state index contributed by atoms with van der Waals surface area (Å²) in [6, 6.07) is 1.75. The predicted octanol–water partition coefficient (Wildman–Crippen LogP) is 3.29. The van der Waals surface area contributed by atoms with Gasteiger partial charge < -0.3 is 19.7 Å². The van der Waals surface area contributed by atoms with E-state index in [4.69, 9.17) is 50.3 Å². The number of esters is 1. The van der Waals surface area contributed by atoms with Crippen LogP contribution >= 0.6 is 34.8 Å². The monoisotopic (exact) mass is 383 g/mol. The molecule has 0 heterocycles. The van der Waals surface area contributed by atoms with Crippen molar-refractivity contribution in [2.45, 2.75) is 45.8 Å². The third kappa shape index (κ3) is 1130. The summed E-state index contributed by atoms with van der Waals surface area (Å²) < 4.78 is 3.65. The molecule has 6 nitrogen and oxygen atoms in total. The Balaban J connectivity index is -0.0000000363. The van der Waals surface area contributed by atoms with Gasteiger partial charge in [-0.1, -0.05) is 34.8 Å². The standard InChI is InChI=1S/C4H8O2.C3H6O.C2H3N.C2H6O.CHCl3.CH4O/c1-3-6-4(2)5;1-3(2)4;2*1-2-3;2-1(3)4;1-2/h3H2,1-2H3;1-2H3;1H3;3H,2H2,1H3;1H;2H,1H3. The molecule has 0 aliphatic heterocycles. The fourth-order valence-corrected chi connectivity index (χ4v) is 0.203. The number of ketones is 1. The van der Waals surface area contributed by atoms with Crippen molar-refractivity contribution < 1.29 is 24.5 Å². The number of halogens is 3. The molecule has 0 aromatic rings. The SMILES string of the molecule is CC#N.CC(C)=O.CCO.CCOC(C)=O.CO.ClC(Cl)Cl. The molecule has 0 amide bonds. The van der Waals surface area contributed by atoms with Crippen LogP contribution in [-0.4, -0.2) is 46.6 Å². The molecule has 22 heavy (non-hydrogen) atoms. The molecule has 0 aromatic heterocycles. The zero-order valence-corrected chi connectivity index (χ0v) is 16.5. The summed E-state index contributed by atoms with van der Waals surface area (Å²) in [5.41, 5.74) is 0. The maximum absolute atomic E-state index is 9.82. The number of alkyl halides is 3. The third-order valence-electron chi connectivity index (χ3n) is 0.348. The van der Waals surface area contributed by atoms with Crippen molar-refractivity contribution in [2.75, 3.05) is 20.3 Å². The number of nitriles is 1. The number of aliphatic hydroxyl groups is 2. The molecule has 9 heteroatoms. The molecule has 0 radical (unpaired) electrons. The van der Waals surface area contributed by atoms with Crippen molar-refractivity contribution in [1.82, 2.24) is 0 Å². The molecule has 0 saturated carbocycles. The molecular formula is C13H28Cl3NO5. The van der Waals surface area contributed by atoms with Gasteiger partial charge in [-0.3, -0.25) is 4.79 Å². The Morgan fingerprint density at radius 1 is 1.14 bits per heavy atom. The van der Waals surface area contributed by atoms with Crippen LogP contribution in [0.4, 0.5) is 0 Å². The fraction of sp³-hybridized carbons (Fsp3) is 0.769. The number of nitrogens with zero attached hydrogens (tertiary/aromatic N) is 1. The van der Waals surface area contributed by atoms with Crippen LogP contribution in [0, 0.1) is 11.3 Å². The topological polar surface area (TPSA) is 108 Å². The first-order valence-electron chi connectivity index (χ1n) is 5.96. The number of ether oxygens (including phenoxy) is 1. The molecule has 2 N–H and O–H groups in total. The smallest absolute Gasteiger partial charge is 0.302 e. The van der Waals surface area contributed by atoms with Crippen LogP contribution in [0.5, 0.6) is 0 Å². The number of rotatable bonds is 1. The molecule has 0 unspecified atom stereocenters. The number of carbonyl (C=O) groups excluding carboxylic acids is 2. The summed E-state index contributed by atoms with van der Waals surface area (Å²) in [7, 11) is 1.00. The Hall–Kier alpha value is -0.580. The summed E-state index contributed by atoms with van der Waals surface area (Å²) in [5.74, 6) is -0.0440. The summed E-state index contributed by atoms with van der Waals surface area (Å²) in [5, 5.41) is 21.9. The first-order valence-corrected chi connectivity index (χ1v) is 7.27. The Kier molecular flexibility index (Phi) is 85.2. The Morgan fingerprint density at radius 2 is 1.27 bits per heavy atom. The van der Waals surface area contributed by atoms with E-state index in [1.807, 2.05) is 0 Å². The van der Waals surface area contributed by atoms with E-state index >= 15 is 0 Å². The average molecular weight is 385 g/mol. The molecular weight excluding hydrogens is 357 g/mol. The van der Waals surface area contributed by atoms with Gasteiger partial charge in [-0.15, -0.1) is 0 Å². The zero-order chi connectivity index (χ0) is 19.6. The van der Waals surface area contributed by atoms with Crippen LogP contribution in [0.15, 0.2) is 0 Å². The van der Waals surface area contributed by atoms with Crippen molar-refractivity contribution in [3.05, 3.63) is 0 Å². The molecule has 136 valence electrons. The average Bonchev–Trinajstić information content (AvgIpc) is 2.31. The number of aliphatic hydroxyl groups excluding tert-OH is 2. The number of Topliss-reactive ketones (excluding diaryl/α,β-unsaturated/α-hetero) is 1. The lowest BCUT2D eigenvalue weighted by Crippen LogP contribution is -1.95. The summed E-state index contributed by atoms with van der Waals surface area (Å²) in [6.07, 6.45) is 0. The highest BCUT2D eigenvalue weighted by atomic mass is 35.6. The number of carbonyl (C=O) groups is 2. The largest absolute Gasteiger partial charge is 0.466 e. The fourth-order valence-electron chi connectivity index (χ4n) is 0.203. The Bertz CT molecular complexity index is 227. The van der Waals surface area contributed by atoms with Gasteiger partial charge in [0.25, 0.3) is 0 Å². The second kappa shape index (κ2) is 49.9. The predicted molar refractivity (Wildman–Crippen MR) is 92.2 cm³/mol. The summed E-state index contributed by atoms with van der Waals surface area (Å²) in [6.45, 7) is 10.1. The molecule has 0 rings (SSSR count). The zero-order valence-electron chi connectivity index (χ0n) is 14.2. The van der Waals surface area contributed by atoms with Crippen LogP contribution in [0.3, 0.4) is 0 Å². The highest BCUT2D eigenvalue weighted by Crippen LogP contribution is 2.03. The van der Waals surface area contributed by atoms with Gasteiger partial charge >= 0.3 is 5.97 Å². The van der Waals surface area contributed by atoms with Crippen molar-refractivity contribution in [3.8, 4) is 6.07 Å². The van der Waals surface area contributed by atoms with Crippen LogP contribution in [-0.2, 0) is 14.3 Å². The van der Waals surface area contributed by atoms with Crippen LogP contribution < -0.4 is 0 Å². The Morgan fingerprint density at radius 3 is 1.27 bits per heavy atom. The van der Waals surface area contributed by atoms with E-state index in [1.54, 1.807) is 19.9 Å². The summed E-state index contributed by atoms with van der Waals surface area (Å²) in [4.78, 5) is 19.3. The maximum atomic E-state index is 9.82. The highest BCUT2D eigenvalue weighted by Gasteiger charge is 1.81. The van der Waals surface area contributed by atoms with Gasteiger partial charge in [-0.25, -0.2) is 0 Å². The van der Waals surface area contributed by atoms with Gasteiger partial charge in [-0.2, -0.15) is 5.26 Å². The van der Waals surface area contributed by atoms with E-state index in [-0.39, 0.29) is 18.4 Å². The second-order valence-corrected chi connectivity index (χ2v) is 4.60. The van der Waals surface area contributed by atoms with E-state index in [9.17, 15) is 9.59 Å². The molecule has 0 fully saturated rings. The second-order valence-electron chi connectivity index (χ2n) is 2.62. The minimum Gasteiger partial charge on any atom is -0.466 e. The number of hydrogen-bond acceptors (Lipinski definition) is 6. The van der Waals surface area contributed by atoms with Crippen molar-refractivity contribution in [1.29, 1.82) is 5.26 Å². The third-order valence-corrected chi connectivity index (χ3v) is 0.348. The van der Waals surface area contributed by atoms with E-state index < -0.39 is 4.30 Å². The molecule has 0 aliphatic carbocycles. The van der Waals surface area contributed by atoms with Gasteiger partial charge in [0.15, 0.2) is 4.30 Å². The van der Waals surface area contributed by atoms with Crippen molar-refractivity contribution in [3.63, 3.8) is 0 Å². The minimum atomic E-state index is -0.750. The van der Waals surface area contributed by atoms with Crippen molar-refractivity contribution in [2.24, 2.45) is 0 Å². The molecule has 0 saturated heterocycles. The normalized spacial score (nSPS) is 6.36. The number of hydrogen-bond donors (Lipinski definition) is 2.